The molecule has 102 valence electrons. The van der Waals surface area contributed by atoms with Crippen molar-refractivity contribution < 1.29 is 9.84 Å². The van der Waals surface area contributed by atoms with Gasteiger partial charge in [-0.1, -0.05) is 11.6 Å². The molecule has 1 saturated carbocycles. The summed E-state index contributed by atoms with van der Waals surface area (Å²) in [6, 6.07) is 0. The molecule has 0 aliphatic heterocycles. The first-order valence-corrected chi connectivity index (χ1v) is 6.90. The highest BCUT2D eigenvalue weighted by Crippen LogP contribution is 2.37. The van der Waals surface area contributed by atoms with E-state index in [1.807, 2.05) is 20.9 Å². The molecule has 0 aromatic carbocycles. The fraction of sp³-hybridized carbons (Fsp3) is 0.769. The maximum absolute atomic E-state index is 10.3. The number of nitrogens with zero attached hydrogens (tertiary/aromatic N) is 2. The molecule has 5 heteroatoms. The van der Waals surface area contributed by atoms with E-state index in [4.69, 9.17) is 16.3 Å². The van der Waals surface area contributed by atoms with Crippen LogP contribution in [0.5, 0.6) is 0 Å². The van der Waals surface area contributed by atoms with Gasteiger partial charge in [-0.3, -0.25) is 4.68 Å². The first-order valence-electron chi connectivity index (χ1n) is 6.52. The zero-order valence-corrected chi connectivity index (χ0v) is 11.9. The Labute approximate surface area is 113 Å². The second kappa shape index (κ2) is 5.59. The normalized spacial score (nSPS) is 18.9. The van der Waals surface area contributed by atoms with Crippen molar-refractivity contribution in [3.05, 3.63) is 16.4 Å². The number of aryl methyl sites for hydroxylation is 2. The molecule has 0 bridgehead atoms. The van der Waals surface area contributed by atoms with E-state index in [-0.39, 0.29) is 6.10 Å². The van der Waals surface area contributed by atoms with E-state index in [0.29, 0.717) is 24.0 Å². The SMILES string of the molecule is CCOC(C(O)Cc1c(Cl)c(C)nn1C)C1CC1. The molecule has 0 spiro atoms. The lowest BCUT2D eigenvalue weighted by atomic mass is 10.0. The van der Waals surface area contributed by atoms with Gasteiger partial charge in [-0.2, -0.15) is 5.10 Å². The van der Waals surface area contributed by atoms with Crippen molar-refractivity contribution in [3.63, 3.8) is 0 Å². The second-order valence-corrected chi connectivity index (χ2v) is 5.38. The van der Waals surface area contributed by atoms with Gasteiger partial charge in [0.25, 0.3) is 0 Å². The lowest BCUT2D eigenvalue weighted by Crippen LogP contribution is -2.33. The summed E-state index contributed by atoms with van der Waals surface area (Å²) in [5, 5.41) is 15.3. The minimum Gasteiger partial charge on any atom is -0.390 e. The largest absolute Gasteiger partial charge is 0.390 e. The van der Waals surface area contributed by atoms with Crippen LogP contribution in [0.3, 0.4) is 0 Å². The van der Waals surface area contributed by atoms with E-state index in [1.165, 1.54) is 0 Å². The van der Waals surface area contributed by atoms with Crippen molar-refractivity contribution in [1.29, 1.82) is 0 Å². The van der Waals surface area contributed by atoms with Crippen molar-refractivity contribution >= 4 is 11.6 Å². The number of halogens is 1. The van der Waals surface area contributed by atoms with Crippen molar-refractivity contribution in [2.75, 3.05) is 6.61 Å². The highest BCUT2D eigenvalue weighted by Gasteiger charge is 2.37. The summed E-state index contributed by atoms with van der Waals surface area (Å²) in [5.74, 6) is 0.507. The number of aliphatic hydroxyl groups is 1. The molecule has 1 heterocycles. The van der Waals surface area contributed by atoms with Gasteiger partial charge in [0, 0.05) is 20.1 Å². The molecule has 1 aliphatic carbocycles. The maximum Gasteiger partial charge on any atom is 0.0865 e. The first kappa shape index (κ1) is 13.8. The Bertz CT molecular complexity index is 415. The number of aliphatic hydroxyl groups excluding tert-OH is 1. The Morgan fingerprint density at radius 2 is 2.22 bits per heavy atom. The van der Waals surface area contributed by atoms with Crippen LogP contribution in [0.4, 0.5) is 0 Å². The van der Waals surface area contributed by atoms with Gasteiger partial charge in [0.05, 0.1) is 28.6 Å². The van der Waals surface area contributed by atoms with Crippen molar-refractivity contribution in [2.24, 2.45) is 13.0 Å². The highest BCUT2D eigenvalue weighted by atomic mass is 35.5. The smallest absolute Gasteiger partial charge is 0.0865 e. The topological polar surface area (TPSA) is 47.3 Å². The van der Waals surface area contributed by atoms with Crippen LogP contribution in [0.1, 0.15) is 31.2 Å². The van der Waals surface area contributed by atoms with Crippen LogP contribution in [0.15, 0.2) is 0 Å². The van der Waals surface area contributed by atoms with E-state index in [0.717, 1.165) is 24.2 Å². The molecule has 0 saturated heterocycles. The van der Waals surface area contributed by atoms with Gasteiger partial charge in [0.1, 0.15) is 0 Å². The van der Waals surface area contributed by atoms with Crippen LogP contribution in [0.25, 0.3) is 0 Å². The number of aromatic nitrogens is 2. The lowest BCUT2D eigenvalue weighted by Gasteiger charge is -2.22. The van der Waals surface area contributed by atoms with Crippen LogP contribution in [0.2, 0.25) is 5.02 Å². The third kappa shape index (κ3) is 2.87. The van der Waals surface area contributed by atoms with E-state index >= 15 is 0 Å². The summed E-state index contributed by atoms with van der Waals surface area (Å²) in [6.07, 6.45) is 2.22. The molecule has 2 unspecified atom stereocenters. The maximum atomic E-state index is 10.3. The predicted octanol–water partition coefficient (Wildman–Crippen LogP) is 2.10. The summed E-state index contributed by atoms with van der Waals surface area (Å²) in [6.45, 7) is 4.47. The molecule has 1 aliphatic rings. The molecule has 2 rings (SSSR count). The number of hydrogen-bond donors (Lipinski definition) is 1. The first-order chi connectivity index (χ1) is 8.54. The standard InChI is InChI=1S/C13H21ClN2O2/c1-4-18-13(9-5-6-9)11(17)7-10-12(14)8(2)15-16(10)3/h9,11,13,17H,4-7H2,1-3H3. The van der Waals surface area contributed by atoms with Crippen molar-refractivity contribution in [1.82, 2.24) is 9.78 Å². The molecular weight excluding hydrogens is 252 g/mol. The Morgan fingerprint density at radius 1 is 1.56 bits per heavy atom. The monoisotopic (exact) mass is 272 g/mol. The molecular formula is C13H21ClN2O2. The molecule has 1 aromatic heterocycles. The molecule has 18 heavy (non-hydrogen) atoms. The third-order valence-corrected chi connectivity index (χ3v) is 3.98. The van der Waals surface area contributed by atoms with Gasteiger partial charge in [-0.15, -0.1) is 0 Å². The van der Waals surface area contributed by atoms with Crippen LogP contribution >= 0.6 is 11.6 Å². The van der Waals surface area contributed by atoms with E-state index < -0.39 is 6.10 Å². The minimum absolute atomic E-state index is 0.0683. The third-order valence-electron chi connectivity index (χ3n) is 3.49. The van der Waals surface area contributed by atoms with E-state index in [1.54, 1.807) is 4.68 Å². The van der Waals surface area contributed by atoms with Crippen molar-refractivity contribution in [3.8, 4) is 0 Å². The summed E-state index contributed by atoms with van der Waals surface area (Å²) in [4.78, 5) is 0. The number of rotatable bonds is 6. The highest BCUT2D eigenvalue weighted by molar-refractivity contribution is 6.31. The number of hydrogen-bond acceptors (Lipinski definition) is 3. The average molecular weight is 273 g/mol. The van der Waals surface area contributed by atoms with E-state index in [2.05, 4.69) is 5.10 Å². The molecule has 1 fully saturated rings. The Balaban J connectivity index is 2.07. The summed E-state index contributed by atoms with van der Waals surface area (Å²) in [5.41, 5.74) is 1.69. The fourth-order valence-corrected chi connectivity index (χ4v) is 2.63. The van der Waals surface area contributed by atoms with Crippen LogP contribution in [-0.2, 0) is 18.2 Å². The summed E-state index contributed by atoms with van der Waals surface area (Å²) >= 11 is 6.20. The van der Waals surface area contributed by atoms with Gasteiger partial charge in [-0.25, -0.2) is 0 Å². The molecule has 0 amide bonds. The Morgan fingerprint density at radius 3 is 2.67 bits per heavy atom. The van der Waals surface area contributed by atoms with Crippen LogP contribution in [0, 0.1) is 12.8 Å². The molecule has 4 nitrogen and oxygen atoms in total. The summed E-state index contributed by atoms with van der Waals surface area (Å²) < 4.78 is 7.41. The predicted molar refractivity (Wildman–Crippen MR) is 70.8 cm³/mol. The quantitative estimate of drug-likeness (QED) is 0.863. The average Bonchev–Trinajstić information content (AvgIpc) is 3.12. The second-order valence-electron chi connectivity index (χ2n) is 5.00. The van der Waals surface area contributed by atoms with Crippen LogP contribution in [-0.4, -0.2) is 33.7 Å². The lowest BCUT2D eigenvalue weighted by molar-refractivity contribution is -0.0445. The number of ether oxygens (including phenoxy) is 1. The molecule has 1 N–H and O–H groups in total. The molecule has 2 atom stereocenters. The van der Waals surface area contributed by atoms with Gasteiger partial charge in [-0.05, 0) is 32.6 Å². The zero-order valence-electron chi connectivity index (χ0n) is 11.2. The Hall–Kier alpha value is -0.580. The van der Waals surface area contributed by atoms with Gasteiger partial charge in [0.15, 0.2) is 0 Å². The van der Waals surface area contributed by atoms with Gasteiger partial charge >= 0.3 is 0 Å². The summed E-state index contributed by atoms with van der Waals surface area (Å²) in [7, 11) is 1.85. The zero-order chi connectivity index (χ0) is 13.3. The Kier molecular flexibility index (Phi) is 4.30. The van der Waals surface area contributed by atoms with E-state index in [9.17, 15) is 5.11 Å². The van der Waals surface area contributed by atoms with Gasteiger partial charge < -0.3 is 9.84 Å². The molecule has 1 aromatic rings. The van der Waals surface area contributed by atoms with Crippen LogP contribution < -0.4 is 0 Å². The van der Waals surface area contributed by atoms with Gasteiger partial charge in [0.2, 0.25) is 0 Å². The van der Waals surface area contributed by atoms with Crippen molar-refractivity contribution in [2.45, 2.75) is 45.3 Å². The fourth-order valence-electron chi connectivity index (χ4n) is 2.39. The molecule has 0 radical (unpaired) electrons. The minimum atomic E-state index is -0.509.